The topological polar surface area (TPSA) is 110 Å². The van der Waals surface area contributed by atoms with E-state index in [1.807, 2.05) is 11.5 Å². The molecule has 0 saturated heterocycles. The lowest BCUT2D eigenvalue weighted by molar-refractivity contribution is -0.385. The number of hydrogen-bond donors (Lipinski definition) is 0. The zero-order valence-corrected chi connectivity index (χ0v) is 17.4. The molecular formula is C21H24N2O7. The van der Waals surface area contributed by atoms with Crippen LogP contribution in [-0.4, -0.2) is 41.6 Å². The number of benzene rings is 1. The van der Waals surface area contributed by atoms with E-state index in [9.17, 15) is 19.7 Å². The van der Waals surface area contributed by atoms with Gasteiger partial charge < -0.3 is 18.8 Å². The highest BCUT2D eigenvalue weighted by atomic mass is 16.6. The van der Waals surface area contributed by atoms with Crippen LogP contribution in [0.3, 0.4) is 0 Å². The van der Waals surface area contributed by atoms with Crippen LogP contribution in [0.5, 0.6) is 11.5 Å². The molecule has 0 bridgehead atoms. The molecule has 0 aliphatic heterocycles. The summed E-state index contributed by atoms with van der Waals surface area (Å²) in [5, 5.41) is 11.4. The Hall–Kier alpha value is -3.62. The van der Waals surface area contributed by atoms with Gasteiger partial charge in [0.2, 0.25) is 5.78 Å². The number of nitro groups is 1. The van der Waals surface area contributed by atoms with E-state index in [0.29, 0.717) is 12.1 Å². The van der Waals surface area contributed by atoms with Gasteiger partial charge in [0.15, 0.2) is 18.1 Å². The second-order valence-corrected chi connectivity index (χ2v) is 6.39. The maximum absolute atomic E-state index is 12.6. The third-order valence-electron chi connectivity index (χ3n) is 4.52. The number of hydrogen-bond acceptors (Lipinski definition) is 7. The van der Waals surface area contributed by atoms with E-state index >= 15 is 0 Å². The van der Waals surface area contributed by atoms with Gasteiger partial charge in [-0.3, -0.25) is 14.9 Å². The van der Waals surface area contributed by atoms with Gasteiger partial charge in [-0.25, -0.2) is 4.79 Å². The number of carbonyl (C=O) groups excluding carboxylic acids is 2. The number of ether oxygens (including phenoxy) is 3. The van der Waals surface area contributed by atoms with E-state index in [4.69, 9.17) is 14.2 Å². The molecule has 0 unspecified atom stereocenters. The van der Waals surface area contributed by atoms with Crippen molar-refractivity contribution < 1.29 is 28.7 Å². The van der Waals surface area contributed by atoms with Gasteiger partial charge in [0.1, 0.15) is 5.56 Å². The molecule has 0 N–H and O–H groups in total. The molecule has 1 heterocycles. The van der Waals surface area contributed by atoms with Crippen molar-refractivity contribution in [3.05, 3.63) is 63.5 Å². The van der Waals surface area contributed by atoms with Gasteiger partial charge in [-0.2, -0.15) is 0 Å². The summed E-state index contributed by atoms with van der Waals surface area (Å²) in [6.07, 6.45) is 1.72. The van der Waals surface area contributed by atoms with Gasteiger partial charge in [-0.05, 0) is 26.8 Å². The van der Waals surface area contributed by atoms with Crippen molar-refractivity contribution in [1.82, 2.24) is 4.57 Å². The lowest BCUT2D eigenvalue weighted by Crippen LogP contribution is -2.16. The number of nitro benzene ring substituents is 1. The number of aryl methyl sites for hydroxylation is 1. The molecule has 160 valence electrons. The minimum Gasteiger partial charge on any atom is -0.493 e. The summed E-state index contributed by atoms with van der Waals surface area (Å²) in [6, 6.07) is 3.98. The Morgan fingerprint density at radius 3 is 2.47 bits per heavy atom. The molecule has 0 saturated carbocycles. The number of carbonyl (C=O) groups is 2. The van der Waals surface area contributed by atoms with Gasteiger partial charge in [0.05, 0.1) is 24.7 Å². The van der Waals surface area contributed by atoms with Crippen molar-refractivity contribution >= 4 is 17.4 Å². The SMILES string of the molecule is C=CCn1c(C)cc(C(=O)COC(=O)c2cc(OCC)c(OC)cc2[N+](=O)[O-])c1C. The zero-order chi connectivity index (χ0) is 22.4. The van der Waals surface area contributed by atoms with Crippen molar-refractivity contribution in [3.8, 4) is 11.5 Å². The Labute approximate surface area is 174 Å². The van der Waals surface area contributed by atoms with Crippen molar-refractivity contribution in [2.75, 3.05) is 20.3 Å². The molecule has 1 aromatic heterocycles. The number of aromatic nitrogens is 1. The van der Waals surface area contributed by atoms with Crippen LogP contribution in [0, 0.1) is 24.0 Å². The first kappa shape index (κ1) is 22.7. The maximum atomic E-state index is 12.6. The summed E-state index contributed by atoms with van der Waals surface area (Å²) < 4.78 is 17.4. The first-order valence-corrected chi connectivity index (χ1v) is 9.22. The number of nitrogens with zero attached hydrogens (tertiary/aromatic N) is 2. The smallest absolute Gasteiger partial charge is 0.345 e. The van der Waals surface area contributed by atoms with Gasteiger partial charge in [0, 0.05) is 29.6 Å². The maximum Gasteiger partial charge on any atom is 0.345 e. The van der Waals surface area contributed by atoms with Gasteiger partial charge in [-0.1, -0.05) is 6.08 Å². The Morgan fingerprint density at radius 1 is 1.20 bits per heavy atom. The number of esters is 1. The van der Waals surface area contributed by atoms with E-state index in [0.717, 1.165) is 17.5 Å². The molecule has 0 amide bonds. The Balaban J connectivity index is 2.26. The lowest BCUT2D eigenvalue weighted by atomic mass is 10.1. The summed E-state index contributed by atoms with van der Waals surface area (Å²) in [6.45, 7) is 9.31. The molecule has 2 rings (SSSR count). The second kappa shape index (κ2) is 9.73. The molecule has 2 aromatic rings. The molecule has 1 aromatic carbocycles. The van der Waals surface area contributed by atoms with Crippen LogP contribution in [0.1, 0.15) is 39.0 Å². The third-order valence-corrected chi connectivity index (χ3v) is 4.52. The predicted molar refractivity (Wildman–Crippen MR) is 110 cm³/mol. The van der Waals surface area contributed by atoms with Crippen LogP contribution >= 0.6 is 0 Å². The molecule has 0 aliphatic rings. The summed E-state index contributed by atoms with van der Waals surface area (Å²) in [7, 11) is 1.33. The van der Waals surface area contributed by atoms with E-state index in [-0.39, 0.29) is 23.7 Å². The minimum absolute atomic E-state index is 0.117. The fourth-order valence-electron chi connectivity index (χ4n) is 3.07. The van der Waals surface area contributed by atoms with Gasteiger partial charge in [-0.15, -0.1) is 6.58 Å². The molecule has 9 heteroatoms. The number of methoxy groups -OCH3 is 1. The molecular weight excluding hydrogens is 392 g/mol. The van der Waals surface area contributed by atoms with E-state index in [2.05, 4.69) is 6.58 Å². The van der Waals surface area contributed by atoms with Crippen LogP contribution < -0.4 is 9.47 Å². The molecule has 9 nitrogen and oxygen atoms in total. The van der Waals surface area contributed by atoms with E-state index in [1.165, 1.54) is 13.2 Å². The molecule has 0 aliphatic carbocycles. The van der Waals surface area contributed by atoms with Crippen LogP contribution in [0.4, 0.5) is 5.69 Å². The number of rotatable bonds is 10. The molecule has 0 fully saturated rings. The number of Topliss-reactive ketones (excluding diaryl/α,β-unsaturated/α-hetero) is 1. The average Bonchev–Trinajstić information content (AvgIpc) is 3.00. The highest BCUT2D eigenvalue weighted by Crippen LogP contribution is 2.35. The zero-order valence-electron chi connectivity index (χ0n) is 17.4. The van der Waals surface area contributed by atoms with E-state index in [1.54, 1.807) is 26.0 Å². The summed E-state index contributed by atoms with van der Waals surface area (Å²) in [5.74, 6) is -1.13. The highest BCUT2D eigenvalue weighted by Gasteiger charge is 2.27. The Kier molecular flexibility index (Phi) is 7.35. The van der Waals surface area contributed by atoms with Crippen molar-refractivity contribution in [2.45, 2.75) is 27.3 Å². The van der Waals surface area contributed by atoms with Crippen molar-refractivity contribution in [2.24, 2.45) is 0 Å². The first-order valence-electron chi connectivity index (χ1n) is 9.22. The molecule has 30 heavy (non-hydrogen) atoms. The highest BCUT2D eigenvalue weighted by molar-refractivity contribution is 6.01. The van der Waals surface area contributed by atoms with Crippen LogP contribution in [0.15, 0.2) is 30.9 Å². The summed E-state index contributed by atoms with van der Waals surface area (Å²) >= 11 is 0. The quantitative estimate of drug-likeness (QED) is 0.191. The summed E-state index contributed by atoms with van der Waals surface area (Å²) in [4.78, 5) is 35.8. The van der Waals surface area contributed by atoms with Crippen LogP contribution in [-0.2, 0) is 11.3 Å². The van der Waals surface area contributed by atoms with Crippen LogP contribution in [0.2, 0.25) is 0 Å². The standard InChI is InChI=1S/C21H24N2O7/c1-6-8-22-13(3)9-15(14(22)4)18(24)12-30-21(25)16-10-20(29-7-2)19(28-5)11-17(16)23(26)27/h6,9-11H,1,7-8,12H2,2-5H3. The van der Waals surface area contributed by atoms with Crippen molar-refractivity contribution in [3.63, 3.8) is 0 Å². The Bertz CT molecular complexity index is 992. The minimum atomic E-state index is -1.00. The van der Waals surface area contributed by atoms with Crippen molar-refractivity contribution in [1.29, 1.82) is 0 Å². The summed E-state index contributed by atoms with van der Waals surface area (Å²) in [5.41, 5.74) is 1.18. The molecule has 0 radical (unpaired) electrons. The monoisotopic (exact) mass is 416 g/mol. The fourth-order valence-corrected chi connectivity index (χ4v) is 3.07. The van der Waals surface area contributed by atoms with Gasteiger partial charge in [0.25, 0.3) is 5.69 Å². The third kappa shape index (κ3) is 4.68. The number of allylic oxidation sites excluding steroid dienone is 1. The Morgan fingerprint density at radius 2 is 1.90 bits per heavy atom. The average molecular weight is 416 g/mol. The normalized spacial score (nSPS) is 10.4. The van der Waals surface area contributed by atoms with Crippen LogP contribution in [0.25, 0.3) is 0 Å². The van der Waals surface area contributed by atoms with E-state index < -0.39 is 29.0 Å². The number of ketones is 1. The lowest BCUT2D eigenvalue weighted by Gasteiger charge is -2.11. The first-order chi connectivity index (χ1) is 14.2. The predicted octanol–water partition coefficient (Wildman–Crippen LogP) is 3.65. The second-order valence-electron chi connectivity index (χ2n) is 6.39. The molecule has 0 atom stereocenters. The fraction of sp³-hybridized carbons (Fsp3) is 0.333. The largest absolute Gasteiger partial charge is 0.493 e. The van der Waals surface area contributed by atoms with Gasteiger partial charge >= 0.3 is 5.97 Å². The molecule has 0 spiro atoms.